The van der Waals surface area contributed by atoms with Crippen molar-refractivity contribution in [3.05, 3.63) is 76.6 Å². The average Bonchev–Trinajstić information content (AvgIpc) is 3.03. The van der Waals surface area contributed by atoms with Crippen molar-refractivity contribution < 1.29 is 4.92 Å². The summed E-state index contributed by atoms with van der Waals surface area (Å²) in [6.07, 6.45) is 1.39. The first-order valence-corrected chi connectivity index (χ1v) is 7.89. The lowest BCUT2D eigenvalue weighted by Gasteiger charge is -2.09. The van der Waals surface area contributed by atoms with E-state index >= 15 is 0 Å². The predicted molar refractivity (Wildman–Crippen MR) is 97.4 cm³/mol. The van der Waals surface area contributed by atoms with Crippen molar-refractivity contribution in [3.63, 3.8) is 0 Å². The van der Waals surface area contributed by atoms with E-state index in [9.17, 15) is 10.1 Å². The van der Waals surface area contributed by atoms with Gasteiger partial charge in [0.25, 0.3) is 5.69 Å². The summed E-state index contributed by atoms with van der Waals surface area (Å²) in [7, 11) is 0. The Kier molecular flexibility index (Phi) is 3.77. The first-order chi connectivity index (χ1) is 12.6. The van der Waals surface area contributed by atoms with Gasteiger partial charge in [0.05, 0.1) is 11.5 Å². The van der Waals surface area contributed by atoms with E-state index in [0.29, 0.717) is 29.1 Å². The molecule has 0 aliphatic rings. The highest BCUT2D eigenvalue weighted by Gasteiger charge is 2.18. The number of nitro benzene ring substituents is 1. The van der Waals surface area contributed by atoms with Gasteiger partial charge in [-0.2, -0.15) is 0 Å². The van der Waals surface area contributed by atoms with E-state index in [1.165, 1.54) is 18.5 Å². The number of nitrogens with zero attached hydrogens (tertiary/aromatic N) is 5. The lowest BCUT2D eigenvalue weighted by Crippen LogP contribution is -2.04. The van der Waals surface area contributed by atoms with E-state index in [1.54, 1.807) is 12.1 Å². The summed E-state index contributed by atoms with van der Waals surface area (Å²) < 4.78 is 1.89. The second-order valence-electron chi connectivity index (χ2n) is 5.75. The lowest BCUT2D eigenvalue weighted by atomic mass is 10.1. The van der Waals surface area contributed by atoms with Gasteiger partial charge in [-0.1, -0.05) is 42.5 Å². The van der Waals surface area contributed by atoms with Gasteiger partial charge in [-0.25, -0.2) is 15.0 Å². The molecule has 8 heteroatoms. The summed E-state index contributed by atoms with van der Waals surface area (Å²) in [5.41, 5.74) is 8.69. The van der Waals surface area contributed by atoms with E-state index < -0.39 is 4.92 Å². The Balaban J connectivity index is 1.93. The van der Waals surface area contributed by atoms with Gasteiger partial charge in [-0.05, 0) is 5.56 Å². The van der Waals surface area contributed by atoms with Gasteiger partial charge >= 0.3 is 0 Å². The Bertz CT molecular complexity index is 1110. The molecule has 8 nitrogen and oxygen atoms in total. The number of nitro groups is 1. The minimum atomic E-state index is -0.429. The Morgan fingerprint density at radius 1 is 1.08 bits per heavy atom. The molecule has 0 bridgehead atoms. The van der Waals surface area contributed by atoms with Crippen LogP contribution in [0.1, 0.15) is 5.56 Å². The van der Waals surface area contributed by atoms with Crippen LogP contribution in [-0.4, -0.2) is 24.4 Å². The molecule has 0 saturated heterocycles. The topological polar surface area (TPSA) is 113 Å². The summed E-state index contributed by atoms with van der Waals surface area (Å²) >= 11 is 0. The number of nitrogen functional groups attached to an aromatic ring is 1. The van der Waals surface area contributed by atoms with Crippen LogP contribution in [0.3, 0.4) is 0 Å². The molecule has 0 atom stereocenters. The summed E-state index contributed by atoms with van der Waals surface area (Å²) in [6, 6.07) is 16.2. The van der Waals surface area contributed by atoms with E-state index in [2.05, 4.69) is 15.0 Å². The highest BCUT2D eigenvalue weighted by atomic mass is 16.6. The van der Waals surface area contributed by atoms with Crippen LogP contribution in [0, 0.1) is 10.1 Å². The van der Waals surface area contributed by atoms with Crippen molar-refractivity contribution in [2.24, 2.45) is 0 Å². The van der Waals surface area contributed by atoms with Crippen LogP contribution >= 0.6 is 0 Å². The summed E-state index contributed by atoms with van der Waals surface area (Å²) in [5, 5.41) is 11.1. The van der Waals surface area contributed by atoms with Crippen molar-refractivity contribution >= 4 is 22.7 Å². The van der Waals surface area contributed by atoms with Gasteiger partial charge in [0.1, 0.15) is 12.2 Å². The zero-order valence-electron chi connectivity index (χ0n) is 13.6. The number of benzene rings is 2. The van der Waals surface area contributed by atoms with Crippen molar-refractivity contribution in [2.75, 3.05) is 5.73 Å². The SMILES string of the molecule is Nc1ncnc2c1nc(-c1cccc([N+](=O)[O-])c1)n2Cc1ccccc1. The lowest BCUT2D eigenvalue weighted by molar-refractivity contribution is -0.384. The summed E-state index contributed by atoms with van der Waals surface area (Å²) in [6.45, 7) is 0.506. The number of non-ortho nitro benzene ring substituents is 1. The highest BCUT2D eigenvalue weighted by molar-refractivity contribution is 5.85. The van der Waals surface area contributed by atoms with Crippen LogP contribution in [0.5, 0.6) is 0 Å². The van der Waals surface area contributed by atoms with Crippen LogP contribution in [0.15, 0.2) is 60.9 Å². The van der Waals surface area contributed by atoms with Gasteiger partial charge in [-0.15, -0.1) is 0 Å². The van der Waals surface area contributed by atoms with Crippen LogP contribution in [-0.2, 0) is 6.54 Å². The molecule has 2 aromatic carbocycles. The van der Waals surface area contributed by atoms with E-state index in [4.69, 9.17) is 5.73 Å². The van der Waals surface area contributed by atoms with Crippen LogP contribution in [0.4, 0.5) is 11.5 Å². The molecule has 4 aromatic rings. The molecule has 0 unspecified atom stereocenters. The molecule has 2 heterocycles. The minimum Gasteiger partial charge on any atom is -0.382 e. The normalized spacial score (nSPS) is 10.9. The molecule has 4 rings (SSSR count). The van der Waals surface area contributed by atoms with Crippen molar-refractivity contribution in [3.8, 4) is 11.4 Å². The third kappa shape index (κ3) is 2.73. The zero-order chi connectivity index (χ0) is 18.1. The largest absolute Gasteiger partial charge is 0.382 e. The fraction of sp³-hybridized carbons (Fsp3) is 0.0556. The number of hydrogen-bond donors (Lipinski definition) is 1. The molecule has 0 amide bonds. The number of anilines is 1. The molecule has 0 fully saturated rings. The quantitative estimate of drug-likeness (QED) is 0.449. The summed E-state index contributed by atoms with van der Waals surface area (Å²) in [5.74, 6) is 0.827. The smallest absolute Gasteiger partial charge is 0.270 e. The highest BCUT2D eigenvalue weighted by Crippen LogP contribution is 2.28. The summed E-state index contributed by atoms with van der Waals surface area (Å²) in [4.78, 5) is 23.6. The molecule has 0 spiro atoms. The van der Waals surface area contributed by atoms with Gasteiger partial charge in [-0.3, -0.25) is 10.1 Å². The number of nitrogens with two attached hydrogens (primary N) is 1. The number of rotatable bonds is 4. The third-order valence-corrected chi connectivity index (χ3v) is 4.06. The molecule has 0 saturated carbocycles. The van der Waals surface area contributed by atoms with Crippen LogP contribution in [0.2, 0.25) is 0 Å². The van der Waals surface area contributed by atoms with Crippen LogP contribution < -0.4 is 5.73 Å². The van der Waals surface area contributed by atoms with Crippen LogP contribution in [0.25, 0.3) is 22.6 Å². The predicted octanol–water partition coefficient (Wildman–Crippen LogP) is 3.03. The first-order valence-electron chi connectivity index (χ1n) is 7.89. The maximum atomic E-state index is 11.1. The Morgan fingerprint density at radius 2 is 1.88 bits per heavy atom. The van der Waals surface area contributed by atoms with E-state index in [0.717, 1.165) is 5.56 Å². The fourth-order valence-corrected chi connectivity index (χ4v) is 2.85. The van der Waals surface area contributed by atoms with Gasteiger partial charge in [0, 0.05) is 17.7 Å². The van der Waals surface area contributed by atoms with Gasteiger partial charge in [0.2, 0.25) is 0 Å². The van der Waals surface area contributed by atoms with E-state index in [1.807, 2.05) is 34.9 Å². The molecule has 0 aliphatic heterocycles. The second-order valence-corrected chi connectivity index (χ2v) is 5.75. The number of fused-ring (bicyclic) bond motifs is 1. The maximum Gasteiger partial charge on any atom is 0.270 e. The van der Waals surface area contributed by atoms with Crippen molar-refractivity contribution in [1.29, 1.82) is 0 Å². The molecular formula is C18H14N6O2. The minimum absolute atomic E-state index is 0.000117. The van der Waals surface area contributed by atoms with Gasteiger partial charge < -0.3 is 10.3 Å². The zero-order valence-corrected chi connectivity index (χ0v) is 13.6. The monoisotopic (exact) mass is 346 g/mol. The fourth-order valence-electron chi connectivity index (χ4n) is 2.85. The molecular weight excluding hydrogens is 332 g/mol. The maximum absolute atomic E-state index is 11.1. The van der Waals surface area contributed by atoms with Gasteiger partial charge in [0.15, 0.2) is 17.0 Å². The standard InChI is InChI=1S/C18H14N6O2/c19-16-15-18(21-11-20-16)23(10-12-5-2-1-3-6-12)17(22-15)13-7-4-8-14(9-13)24(25)26/h1-9,11H,10H2,(H2,19,20,21). The average molecular weight is 346 g/mol. The number of aromatic nitrogens is 4. The first kappa shape index (κ1) is 15.7. The number of hydrogen-bond acceptors (Lipinski definition) is 6. The second kappa shape index (κ2) is 6.25. The third-order valence-electron chi connectivity index (χ3n) is 4.06. The Hall–Kier alpha value is -3.81. The molecule has 128 valence electrons. The molecule has 2 N–H and O–H groups in total. The molecule has 0 radical (unpaired) electrons. The molecule has 2 aromatic heterocycles. The Labute approximate surface area is 148 Å². The van der Waals surface area contributed by atoms with Crippen molar-refractivity contribution in [1.82, 2.24) is 19.5 Å². The van der Waals surface area contributed by atoms with Crippen molar-refractivity contribution in [2.45, 2.75) is 6.54 Å². The number of imidazole rings is 1. The molecule has 0 aliphatic carbocycles. The molecule has 26 heavy (non-hydrogen) atoms. The Morgan fingerprint density at radius 3 is 2.65 bits per heavy atom. The van der Waals surface area contributed by atoms with E-state index in [-0.39, 0.29) is 11.5 Å².